The molecule has 0 bridgehead atoms. The van der Waals surface area contributed by atoms with Crippen LogP contribution in [0.5, 0.6) is 0 Å². The minimum atomic E-state index is 0.684. The molecular formula is C37H21NS2. The predicted octanol–water partition coefficient (Wildman–Crippen LogP) is 11.3. The zero-order chi connectivity index (χ0) is 26.6. The van der Waals surface area contributed by atoms with E-state index in [0.717, 1.165) is 22.3 Å². The van der Waals surface area contributed by atoms with Crippen LogP contribution < -0.4 is 0 Å². The highest BCUT2D eigenvalue weighted by molar-refractivity contribution is 7.26. The Balaban J connectivity index is 1.50. The molecule has 8 rings (SSSR count). The first-order valence-electron chi connectivity index (χ1n) is 13.3. The molecule has 2 heterocycles. The number of hydrogen-bond donors (Lipinski definition) is 0. The van der Waals surface area contributed by atoms with Crippen molar-refractivity contribution < 1.29 is 0 Å². The molecule has 0 fully saturated rings. The number of nitrogens with zero attached hydrogens (tertiary/aromatic N) is 1. The van der Waals surface area contributed by atoms with E-state index in [4.69, 9.17) is 0 Å². The molecule has 0 atom stereocenters. The van der Waals surface area contributed by atoms with Gasteiger partial charge in [0.15, 0.2) is 0 Å². The van der Waals surface area contributed by atoms with Crippen molar-refractivity contribution in [2.45, 2.75) is 0 Å². The normalized spacial score (nSPS) is 11.5. The summed E-state index contributed by atoms with van der Waals surface area (Å²) in [5.41, 5.74) is 7.45. The first-order chi connectivity index (χ1) is 19.8. The van der Waals surface area contributed by atoms with Crippen molar-refractivity contribution in [2.24, 2.45) is 0 Å². The minimum Gasteiger partial charge on any atom is -0.192 e. The van der Waals surface area contributed by atoms with Gasteiger partial charge in [0.1, 0.15) is 0 Å². The fourth-order valence-electron chi connectivity index (χ4n) is 6.01. The van der Waals surface area contributed by atoms with Crippen molar-refractivity contribution in [1.29, 1.82) is 5.26 Å². The molecule has 1 nitrogen and oxygen atoms in total. The first kappa shape index (κ1) is 23.2. The van der Waals surface area contributed by atoms with E-state index >= 15 is 0 Å². The van der Waals surface area contributed by atoms with Gasteiger partial charge in [-0.05, 0) is 34.9 Å². The molecule has 0 aliphatic carbocycles. The van der Waals surface area contributed by atoms with E-state index in [-0.39, 0.29) is 0 Å². The highest BCUT2D eigenvalue weighted by atomic mass is 32.1. The maximum absolute atomic E-state index is 10.2. The second kappa shape index (κ2) is 9.17. The fraction of sp³-hybridized carbons (Fsp3) is 0. The van der Waals surface area contributed by atoms with Gasteiger partial charge in [0.25, 0.3) is 0 Å². The molecular weight excluding hydrogens is 523 g/mol. The number of nitriles is 1. The predicted molar refractivity (Wildman–Crippen MR) is 173 cm³/mol. The number of benzene rings is 6. The Bertz CT molecular complexity index is 2160. The summed E-state index contributed by atoms with van der Waals surface area (Å²) in [4.78, 5) is 0. The summed E-state index contributed by atoms with van der Waals surface area (Å²) in [6, 6.07) is 47.6. The third-order valence-electron chi connectivity index (χ3n) is 7.77. The van der Waals surface area contributed by atoms with E-state index in [2.05, 4.69) is 115 Å². The fourth-order valence-corrected chi connectivity index (χ4v) is 8.47. The van der Waals surface area contributed by atoms with Crippen LogP contribution in [-0.2, 0) is 0 Å². The van der Waals surface area contributed by atoms with Crippen molar-refractivity contribution in [3.8, 4) is 39.4 Å². The van der Waals surface area contributed by atoms with E-state index < -0.39 is 0 Å². The maximum atomic E-state index is 10.2. The molecule has 0 aliphatic rings. The molecule has 0 unspecified atom stereocenters. The molecule has 0 N–H and O–H groups in total. The van der Waals surface area contributed by atoms with Crippen LogP contribution in [0.15, 0.2) is 127 Å². The summed E-state index contributed by atoms with van der Waals surface area (Å²) in [7, 11) is 0. The van der Waals surface area contributed by atoms with Crippen LogP contribution in [0.4, 0.5) is 0 Å². The first-order valence-corrected chi connectivity index (χ1v) is 14.9. The maximum Gasteiger partial charge on any atom is 0.0998 e. The number of fused-ring (bicyclic) bond motifs is 6. The van der Waals surface area contributed by atoms with Crippen molar-refractivity contribution in [3.63, 3.8) is 0 Å². The number of thiophene rings is 2. The van der Waals surface area contributed by atoms with Gasteiger partial charge in [0, 0.05) is 57.0 Å². The van der Waals surface area contributed by atoms with Crippen molar-refractivity contribution in [2.75, 3.05) is 0 Å². The lowest BCUT2D eigenvalue weighted by Gasteiger charge is -2.18. The molecule has 0 aliphatic heterocycles. The Kier molecular flexibility index (Phi) is 5.31. The molecule has 40 heavy (non-hydrogen) atoms. The summed E-state index contributed by atoms with van der Waals surface area (Å²) < 4.78 is 5.12. The van der Waals surface area contributed by atoms with Gasteiger partial charge in [-0.1, -0.05) is 109 Å². The molecule has 0 saturated heterocycles. The molecule has 2 aromatic heterocycles. The van der Waals surface area contributed by atoms with E-state index in [1.54, 1.807) is 0 Å². The van der Waals surface area contributed by atoms with Crippen molar-refractivity contribution in [3.05, 3.63) is 133 Å². The molecule has 8 aromatic rings. The molecule has 3 heteroatoms. The minimum absolute atomic E-state index is 0.684. The lowest BCUT2D eigenvalue weighted by molar-refractivity contribution is 1.48. The third kappa shape index (κ3) is 3.44. The average molecular weight is 544 g/mol. The van der Waals surface area contributed by atoms with Crippen LogP contribution in [0.3, 0.4) is 0 Å². The second-order valence-electron chi connectivity index (χ2n) is 9.95. The van der Waals surface area contributed by atoms with Crippen LogP contribution in [-0.4, -0.2) is 0 Å². The highest BCUT2D eigenvalue weighted by Crippen LogP contribution is 2.48. The molecule has 0 saturated carbocycles. The van der Waals surface area contributed by atoms with Crippen LogP contribution in [0.25, 0.3) is 73.7 Å². The summed E-state index contributed by atoms with van der Waals surface area (Å²) in [6.07, 6.45) is 0. The standard InChI is InChI=1S/C37H21NS2/c38-22-23-10-1-2-11-24(23)35-27(31-18-8-16-29-25-12-3-5-20-33(25)39-36(29)31)14-7-15-28(35)32-19-9-17-30-26-13-4-6-21-34(26)40-37(30)32/h1-21H. The molecule has 186 valence electrons. The van der Waals surface area contributed by atoms with Crippen LogP contribution in [0, 0.1) is 11.3 Å². The Morgan fingerprint density at radius 1 is 0.400 bits per heavy atom. The van der Waals surface area contributed by atoms with Gasteiger partial charge in [-0.3, -0.25) is 0 Å². The summed E-state index contributed by atoms with van der Waals surface area (Å²) >= 11 is 3.68. The number of rotatable bonds is 3. The molecule has 0 spiro atoms. The monoisotopic (exact) mass is 543 g/mol. The molecule has 0 radical (unpaired) electrons. The number of hydrogen-bond acceptors (Lipinski definition) is 3. The van der Waals surface area contributed by atoms with Gasteiger partial charge < -0.3 is 0 Å². The topological polar surface area (TPSA) is 23.8 Å². The Morgan fingerprint density at radius 2 is 0.825 bits per heavy atom. The Labute approximate surface area is 239 Å². The van der Waals surface area contributed by atoms with Gasteiger partial charge in [-0.15, -0.1) is 22.7 Å². The van der Waals surface area contributed by atoms with Gasteiger partial charge in [-0.25, -0.2) is 0 Å². The van der Waals surface area contributed by atoms with Gasteiger partial charge in [0.05, 0.1) is 11.6 Å². The SMILES string of the molecule is N#Cc1ccccc1-c1c(-c2cccc3c2sc2ccccc23)cccc1-c1cccc2c1sc1ccccc12. The summed E-state index contributed by atoms with van der Waals surface area (Å²) in [6.45, 7) is 0. The van der Waals surface area contributed by atoms with Crippen molar-refractivity contribution >= 4 is 63.0 Å². The quantitative estimate of drug-likeness (QED) is 0.217. The van der Waals surface area contributed by atoms with E-state index in [1.165, 1.54) is 51.5 Å². The second-order valence-corrected chi connectivity index (χ2v) is 12.1. The summed E-state index contributed by atoms with van der Waals surface area (Å²) in [5, 5.41) is 15.3. The molecule has 6 aromatic carbocycles. The van der Waals surface area contributed by atoms with E-state index in [1.807, 2.05) is 40.9 Å². The average Bonchev–Trinajstić information content (AvgIpc) is 3.59. The Hall–Kier alpha value is -4.75. The third-order valence-corrected chi connectivity index (χ3v) is 10.2. The zero-order valence-electron chi connectivity index (χ0n) is 21.4. The Morgan fingerprint density at radius 3 is 1.40 bits per heavy atom. The smallest absolute Gasteiger partial charge is 0.0998 e. The van der Waals surface area contributed by atoms with Crippen LogP contribution >= 0.6 is 22.7 Å². The van der Waals surface area contributed by atoms with E-state index in [0.29, 0.717) is 5.56 Å². The van der Waals surface area contributed by atoms with E-state index in [9.17, 15) is 5.26 Å². The van der Waals surface area contributed by atoms with Crippen LogP contribution in [0.2, 0.25) is 0 Å². The lowest BCUT2D eigenvalue weighted by atomic mass is 9.85. The van der Waals surface area contributed by atoms with Crippen LogP contribution in [0.1, 0.15) is 5.56 Å². The highest BCUT2D eigenvalue weighted by Gasteiger charge is 2.21. The summed E-state index contributed by atoms with van der Waals surface area (Å²) in [5.74, 6) is 0. The largest absolute Gasteiger partial charge is 0.192 e. The van der Waals surface area contributed by atoms with Gasteiger partial charge >= 0.3 is 0 Å². The van der Waals surface area contributed by atoms with Crippen molar-refractivity contribution in [1.82, 2.24) is 0 Å². The zero-order valence-corrected chi connectivity index (χ0v) is 23.0. The lowest BCUT2D eigenvalue weighted by Crippen LogP contribution is -1.93. The van der Waals surface area contributed by atoms with Gasteiger partial charge in [-0.2, -0.15) is 5.26 Å². The van der Waals surface area contributed by atoms with Gasteiger partial charge in [0.2, 0.25) is 0 Å². The molecule has 0 amide bonds.